The molecule has 0 atom stereocenters. The number of carbonyl (C=O) groups excluding carboxylic acids is 2. The number of amides is 2. The summed E-state index contributed by atoms with van der Waals surface area (Å²) in [5.41, 5.74) is 8.61. The van der Waals surface area contributed by atoms with E-state index < -0.39 is 0 Å². The van der Waals surface area contributed by atoms with Crippen molar-refractivity contribution in [3.8, 4) is 0 Å². The second kappa shape index (κ2) is 6.58. The molecule has 0 unspecified atom stereocenters. The van der Waals surface area contributed by atoms with Crippen LogP contribution < -0.4 is 16.0 Å². The van der Waals surface area contributed by atoms with Crippen molar-refractivity contribution in [3.05, 3.63) is 53.9 Å². The van der Waals surface area contributed by atoms with Crippen LogP contribution in [0.15, 0.2) is 42.7 Å². The SMILES string of the molecule is NCCC(=O)Nc1ccc2c(c1)CCN2C(=O)c1cccnc1. The predicted molar refractivity (Wildman–Crippen MR) is 88.4 cm³/mol. The molecule has 2 amide bonds. The first-order valence-electron chi connectivity index (χ1n) is 7.54. The Balaban J connectivity index is 1.79. The highest BCUT2D eigenvalue weighted by molar-refractivity contribution is 6.07. The minimum Gasteiger partial charge on any atom is -0.330 e. The summed E-state index contributed by atoms with van der Waals surface area (Å²) in [5.74, 6) is -0.162. The van der Waals surface area contributed by atoms with Crippen molar-refractivity contribution < 1.29 is 9.59 Å². The number of hydrogen-bond donors (Lipinski definition) is 2. The topological polar surface area (TPSA) is 88.3 Å². The molecule has 2 aromatic rings. The molecule has 2 heterocycles. The monoisotopic (exact) mass is 310 g/mol. The van der Waals surface area contributed by atoms with Crippen LogP contribution in [0.5, 0.6) is 0 Å². The van der Waals surface area contributed by atoms with E-state index in [1.54, 1.807) is 29.4 Å². The molecule has 3 rings (SSSR count). The van der Waals surface area contributed by atoms with Gasteiger partial charge in [-0.15, -0.1) is 0 Å². The standard InChI is InChI=1S/C17H18N4O2/c18-7-5-16(22)20-14-3-4-15-12(10-14)6-9-21(15)17(23)13-2-1-8-19-11-13/h1-4,8,10-11H,5-7,9,18H2,(H,20,22). The number of fused-ring (bicyclic) bond motifs is 1. The minimum atomic E-state index is -0.103. The van der Waals surface area contributed by atoms with Gasteiger partial charge in [0.25, 0.3) is 5.91 Å². The van der Waals surface area contributed by atoms with Gasteiger partial charge >= 0.3 is 0 Å². The van der Waals surface area contributed by atoms with Crippen molar-refractivity contribution in [2.24, 2.45) is 5.73 Å². The highest BCUT2D eigenvalue weighted by Crippen LogP contribution is 2.31. The fourth-order valence-corrected chi connectivity index (χ4v) is 2.69. The lowest BCUT2D eigenvalue weighted by Gasteiger charge is -2.17. The number of aromatic nitrogens is 1. The molecule has 0 aliphatic carbocycles. The van der Waals surface area contributed by atoms with E-state index in [9.17, 15) is 9.59 Å². The smallest absolute Gasteiger partial charge is 0.259 e. The summed E-state index contributed by atoms with van der Waals surface area (Å²) in [5, 5.41) is 2.82. The highest BCUT2D eigenvalue weighted by Gasteiger charge is 2.25. The van der Waals surface area contributed by atoms with Crippen LogP contribution in [0, 0.1) is 0 Å². The minimum absolute atomic E-state index is 0.0585. The summed E-state index contributed by atoms with van der Waals surface area (Å²) >= 11 is 0. The van der Waals surface area contributed by atoms with Gasteiger partial charge in [-0.25, -0.2) is 0 Å². The molecular weight excluding hydrogens is 292 g/mol. The summed E-state index contributed by atoms with van der Waals surface area (Å²) in [7, 11) is 0. The third kappa shape index (κ3) is 3.22. The van der Waals surface area contributed by atoms with Gasteiger partial charge < -0.3 is 16.0 Å². The predicted octanol–water partition coefficient (Wildman–Crippen LogP) is 1.57. The summed E-state index contributed by atoms with van der Waals surface area (Å²) in [6, 6.07) is 9.10. The van der Waals surface area contributed by atoms with Crippen LogP contribution in [0.4, 0.5) is 11.4 Å². The Hall–Kier alpha value is -2.73. The lowest BCUT2D eigenvalue weighted by Crippen LogP contribution is -2.28. The first-order chi connectivity index (χ1) is 11.2. The summed E-state index contributed by atoms with van der Waals surface area (Å²) in [6.07, 6.45) is 4.28. The van der Waals surface area contributed by atoms with Gasteiger partial charge in [0.2, 0.25) is 5.91 Å². The van der Waals surface area contributed by atoms with Crippen LogP contribution in [-0.4, -0.2) is 29.9 Å². The third-order valence-corrected chi connectivity index (χ3v) is 3.78. The first kappa shape index (κ1) is 15.2. The second-order valence-corrected chi connectivity index (χ2v) is 5.38. The molecule has 1 aliphatic rings. The Morgan fingerprint density at radius 1 is 1.30 bits per heavy atom. The number of anilines is 2. The number of pyridine rings is 1. The molecule has 0 fully saturated rings. The lowest BCUT2D eigenvalue weighted by molar-refractivity contribution is -0.116. The zero-order chi connectivity index (χ0) is 16.2. The molecule has 0 radical (unpaired) electrons. The van der Waals surface area contributed by atoms with Crippen molar-refractivity contribution in [2.75, 3.05) is 23.3 Å². The fraction of sp³-hybridized carbons (Fsp3) is 0.235. The van der Waals surface area contributed by atoms with Crippen LogP contribution in [0.2, 0.25) is 0 Å². The van der Waals surface area contributed by atoms with E-state index in [1.165, 1.54) is 0 Å². The number of carbonyl (C=O) groups is 2. The molecule has 0 saturated carbocycles. The third-order valence-electron chi connectivity index (χ3n) is 3.78. The number of benzene rings is 1. The van der Waals surface area contributed by atoms with E-state index in [0.29, 0.717) is 25.1 Å². The second-order valence-electron chi connectivity index (χ2n) is 5.38. The van der Waals surface area contributed by atoms with Gasteiger partial charge in [0, 0.05) is 43.3 Å². The molecule has 23 heavy (non-hydrogen) atoms. The van der Waals surface area contributed by atoms with Crippen molar-refractivity contribution in [2.45, 2.75) is 12.8 Å². The van der Waals surface area contributed by atoms with Crippen LogP contribution in [0.25, 0.3) is 0 Å². The van der Waals surface area contributed by atoms with Crippen LogP contribution in [-0.2, 0) is 11.2 Å². The molecule has 6 heteroatoms. The molecule has 6 nitrogen and oxygen atoms in total. The number of hydrogen-bond acceptors (Lipinski definition) is 4. The zero-order valence-electron chi connectivity index (χ0n) is 12.7. The van der Waals surface area contributed by atoms with Gasteiger partial charge in [0.15, 0.2) is 0 Å². The average molecular weight is 310 g/mol. The van der Waals surface area contributed by atoms with Crippen molar-refractivity contribution in [1.29, 1.82) is 0 Å². The quantitative estimate of drug-likeness (QED) is 0.897. The van der Waals surface area contributed by atoms with Crippen LogP contribution in [0.3, 0.4) is 0 Å². The van der Waals surface area contributed by atoms with E-state index in [4.69, 9.17) is 5.73 Å². The van der Waals surface area contributed by atoms with Crippen molar-refractivity contribution in [1.82, 2.24) is 4.98 Å². The number of rotatable bonds is 4. The fourth-order valence-electron chi connectivity index (χ4n) is 2.69. The number of nitrogens with zero attached hydrogens (tertiary/aromatic N) is 2. The van der Waals surface area contributed by atoms with Crippen molar-refractivity contribution in [3.63, 3.8) is 0 Å². The number of nitrogens with two attached hydrogens (primary N) is 1. The Bertz CT molecular complexity index is 731. The molecule has 0 saturated heterocycles. The molecule has 3 N–H and O–H groups in total. The van der Waals surface area contributed by atoms with E-state index in [0.717, 1.165) is 23.4 Å². The van der Waals surface area contributed by atoms with E-state index in [2.05, 4.69) is 10.3 Å². The Kier molecular flexibility index (Phi) is 4.34. The van der Waals surface area contributed by atoms with Crippen molar-refractivity contribution >= 4 is 23.2 Å². The van der Waals surface area contributed by atoms with Gasteiger partial charge in [0.05, 0.1) is 5.56 Å². The van der Waals surface area contributed by atoms with Gasteiger partial charge in [-0.05, 0) is 42.3 Å². The maximum atomic E-state index is 12.6. The van der Waals surface area contributed by atoms with Gasteiger partial charge in [-0.3, -0.25) is 14.6 Å². The maximum Gasteiger partial charge on any atom is 0.259 e. The molecule has 1 aromatic carbocycles. The van der Waals surface area contributed by atoms with Gasteiger partial charge in [-0.2, -0.15) is 0 Å². The number of nitrogens with one attached hydrogen (secondary N) is 1. The van der Waals surface area contributed by atoms with Crippen LogP contribution >= 0.6 is 0 Å². The van der Waals surface area contributed by atoms with Crippen LogP contribution in [0.1, 0.15) is 22.3 Å². The lowest BCUT2D eigenvalue weighted by atomic mass is 10.1. The Morgan fingerprint density at radius 2 is 2.17 bits per heavy atom. The highest BCUT2D eigenvalue weighted by atomic mass is 16.2. The summed E-state index contributed by atoms with van der Waals surface area (Å²) in [4.78, 5) is 29.9. The largest absolute Gasteiger partial charge is 0.330 e. The molecule has 1 aromatic heterocycles. The first-order valence-corrected chi connectivity index (χ1v) is 7.54. The molecule has 1 aliphatic heterocycles. The molecule has 118 valence electrons. The van der Waals surface area contributed by atoms with Gasteiger partial charge in [-0.1, -0.05) is 0 Å². The molecule has 0 bridgehead atoms. The van der Waals surface area contributed by atoms with E-state index >= 15 is 0 Å². The zero-order valence-corrected chi connectivity index (χ0v) is 12.7. The van der Waals surface area contributed by atoms with Gasteiger partial charge in [0.1, 0.15) is 0 Å². The summed E-state index contributed by atoms with van der Waals surface area (Å²) in [6.45, 7) is 0.952. The summed E-state index contributed by atoms with van der Waals surface area (Å²) < 4.78 is 0. The Labute approximate surface area is 134 Å². The molecular formula is C17H18N4O2. The average Bonchev–Trinajstić information content (AvgIpc) is 2.98. The Morgan fingerprint density at radius 3 is 2.91 bits per heavy atom. The van der Waals surface area contributed by atoms with E-state index in [-0.39, 0.29) is 11.8 Å². The van der Waals surface area contributed by atoms with E-state index in [1.807, 2.05) is 18.2 Å². The maximum absolute atomic E-state index is 12.6. The normalized spacial score (nSPS) is 12.8. The molecule has 0 spiro atoms.